The van der Waals surface area contributed by atoms with Crippen LogP contribution in [0.1, 0.15) is 399 Å². The van der Waals surface area contributed by atoms with E-state index >= 15 is 0 Å². The minimum absolute atomic E-state index is 0.00408. The topological polar surface area (TPSA) is 95.9 Å². The molecule has 1 amide bonds. The molecule has 6 heteroatoms. The van der Waals surface area contributed by atoms with Gasteiger partial charge in [0.05, 0.1) is 25.4 Å². The van der Waals surface area contributed by atoms with Gasteiger partial charge in [-0.25, -0.2) is 0 Å². The highest BCUT2D eigenvalue weighted by Gasteiger charge is 2.18. The summed E-state index contributed by atoms with van der Waals surface area (Å²) >= 11 is 0. The third-order valence-electron chi connectivity index (χ3n) is 16.9. The summed E-state index contributed by atoms with van der Waals surface area (Å²) in [6.45, 7) is 4.92. The summed E-state index contributed by atoms with van der Waals surface area (Å²) in [4.78, 5) is 24.6. The quantitative estimate of drug-likeness (QED) is 0.0320. The van der Waals surface area contributed by atoms with Crippen LogP contribution < -0.4 is 5.32 Å². The lowest BCUT2D eigenvalue weighted by Crippen LogP contribution is -2.45. The van der Waals surface area contributed by atoms with E-state index < -0.39 is 12.1 Å². The smallest absolute Gasteiger partial charge is 0.305 e. The normalized spacial score (nSPS) is 12.7. The van der Waals surface area contributed by atoms with E-state index in [4.69, 9.17) is 4.74 Å². The number of ether oxygens (including phenoxy) is 1. The molecule has 2 atom stereocenters. The first-order valence-electron chi connectivity index (χ1n) is 36.3. The van der Waals surface area contributed by atoms with Crippen molar-refractivity contribution in [2.45, 2.75) is 411 Å². The number of aliphatic hydroxyl groups is 2. The molecule has 0 heterocycles. The lowest BCUT2D eigenvalue weighted by Gasteiger charge is -2.20. The first-order valence-corrected chi connectivity index (χ1v) is 36.3. The molecule has 0 aliphatic rings. The maximum Gasteiger partial charge on any atom is 0.305 e. The molecule has 472 valence electrons. The Morgan fingerprint density at radius 1 is 0.338 bits per heavy atom. The third kappa shape index (κ3) is 65.2. The van der Waals surface area contributed by atoms with Crippen molar-refractivity contribution < 1.29 is 24.5 Å². The summed E-state index contributed by atoms with van der Waals surface area (Å²) in [6.07, 6.45) is 89.4. The molecule has 0 spiro atoms. The maximum absolute atomic E-state index is 12.5. The number of aliphatic hydroxyl groups excluding tert-OH is 2. The van der Waals surface area contributed by atoms with Gasteiger partial charge in [0.2, 0.25) is 5.91 Å². The Bertz CT molecular complexity index is 1300. The van der Waals surface area contributed by atoms with E-state index in [-0.39, 0.29) is 18.5 Å². The summed E-state index contributed by atoms with van der Waals surface area (Å²) in [7, 11) is 0. The van der Waals surface area contributed by atoms with Gasteiger partial charge in [0, 0.05) is 12.8 Å². The lowest BCUT2D eigenvalue weighted by molar-refractivity contribution is -0.143. The highest BCUT2D eigenvalue weighted by molar-refractivity contribution is 5.76. The predicted octanol–water partition coefficient (Wildman–Crippen LogP) is 23.5. The standard InChI is InChI=1S/C74H141NO5/c1-3-5-7-9-11-13-15-17-19-20-21-22-23-24-27-30-33-36-39-42-46-50-54-58-62-66-72(77)71(70-76)75-73(78)67-63-59-55-51-47-43-40-37-34-31-28-25-26-29-32-35-38-41-45-49-53-57-61-65-69-80-74(79)68-64-60-56-52-48-44-18-16-14-12-10-8-6-4-2/h16,18,28,31,62,66,71-72,76-77H,3-15,17,19-27,29-30,32-61,63-65,67-70H2,1-2H3,(H,75,78)/b18-16-,31-28-,66-62+. The van der Waals surface area contributed by atoms with Crippen molar-refractivity contribution in [1.29, 1.82) is 0 Å². The highest BCUT2D eigenvalue weighted by Crippen LogP contribution is 2.18. The van der Waals surface area contributed by atoms with E-state index in [0.717, 1.165) is 44.9 Å². The fraction of sp³-hybridized carbons (Fsp3) is 0.892. The Labute approximate surface area is 500 Å². The summed E-state index contributed by atoms with van der Waals surface area (Å²) < 4.78 is 5.48. The molecule has 0 saturated carbocycles. The Hall–Kier alpha value is -1.92. The molecular formula is C74H141NO5. The van der Waals surface area contributed by atoms with Crippen molar-refractivity contribution in [1.82, 2.24) is 5.32 Å². The molecule has 0 aromatic carbocycles. The Morgan fingerprint density at radius 2 is 0.588 bits per heavy atom. The predicted molar refractivity (Wildman–Crippen MR) is 352 cm³/mol. The molecule has 0 aromatic rings. The number of hydrogen-bond acceptors (Lipinski definition) is 5. The SMILES string of the molecule is CCCCCCC/C=C\CCCCCCCC(=O)OCCCCCCCCCCCCCC/C=C\CCCCCCCCCCC(=O)NC(CO)C(O)/C=C/CCCCCCCCCCCCCCCCCCCCCCCCC. The molecule has 0 bridgehead atoms. The summed E-state index contributed by atoms with van der Waals surface area (Å²) in [5, 5.41) is 23.3. The van der Waals surface area contributed by atoms with Crippen molar-refractivity contribution >= 4 is 11.9 Å². The van der Waals surface area contributed by atoms with Gasteiger partial charge in [-0.1, -0.05) is 339 Å². The fourth-order valence-corrected chi connectivity index (χ4v) is 11.3. The molecule has 2 unspecified atom stereocenters. The minimum Gasteiger partial charge on any atom is -0.466 e. The summed E-state index contributed by atoms with van der Waals surface area (Å²) in [5.74, 6) is -0.0643. The minimum atomic E-state index is -0.849. The zero-order chi connectivity index (χ0) is 57.8. The van der Waals surface area contributed by atoms with Gasteiger partial charge in [-0.2, -0.15) is 0 Å². The number of allylic oxidation sites excluding steroid dienone is 5. The second kappa shape index (κ2) is 69.6. The number of esters is 1. The Kier molecular flexibility index (Phi) is 67.9. The van der Waals surface area contributed by atoms with Crippen molar-refractivity contribution in [3.63, 3.8) is 0 Å². The number of carbonyl (C=O) groups is 2. The Morgan fingerprint density at radius 3 is 0.887 bits per heavy atom. The number of nitrogens with one attached hydrogen (secondary N) is 1. The highest BCUT2D eigenvalue weighted by atomic mass is 16.5. The average molecular weight is 1120 g/mol. The van der Waals surface area contributed by atoms with Crippen LogP contribution in [0.25, 0.3) is 0 Å². The van der Waals surface area contributed by atoms with Crippen molar-refractivity contribution in [3.8, 4) is 0 Å². The fourth-order valence-electron chi connectivity index (χ4n) is 11.3. The van der Waals surface area contributed by atoms with Gasteiger partial charge in [0.25, 0.3) is 0 Å². The first kappa shape index (κ1) is 78.1. The van der Waals surface area contributed by atoms with Crippen LogP contribution in [0.2, 0.25) is 0 Å². The molecule has 0 aliphatic carbocycles. The van der Waals surface area contributed by atoms with Crippen LogP contribution in [0.4, 0.5) is 0 Å². The second-order valence-corrected chi connectivity index (χ2v) is 24.9. The van der Waals surface area contributed by atoms with Crippen molar-refractivity contribution in [2.75, 3.05) is 13.2 Å². The van der Waals surface area contributed by atoms with Gasteiger partial charge in [0.15, 0.2) is 0 Å². The Balaban J connectivity index is 3.43. The van der Waals surface area contributed by atoms with Crippen LogP contribution in [-0.4, -0.2) is 47.4 Å². The summed E-state index contributed by atoms with van der Waals surface area (Å²) in [5.41, 5.74) is 0. The van der Waals surface area contributed by atoms with Crippen LogP contribution in [0.3, 0.4) is 0 Å². The van der Waals surface area contributed by atoms with E-state index in [1.165, 1.54) is 327 Å². The van der Waals surface area contributed by atoms with E-state index in [1.807, 2.05) is 6.08 Å². The number of carbonyl (C=O) groups excluding carboxylic acids is 2. The van der Waals surface area contributed by atoms with Crippen LogP contribution in [-0.2, 0) is 14.3 Å². The zero-order valence-corrected chi connectivity index (χ0v) is 54.1. The maximum atomic E-state index is 12.5. The van der Waals surface area contributed by atoms with Crippen molar-refractivity contribution in [3.05, 3.63) is 36.5 Å². The molecule has 0 aromatic heterocycles. The van der Waals surface area contributed by atoms with Gasteiger partial charge in [-0.3, -0.25) is 9.59 Å². The number of rotatable bonds is 68. The molecule has 80 heavy (non-hydrogen) atoms. The third-order valence-corrected chi connectivity index (χ3v) is 16.9. The summed E-state index contributed by atoms with van der Waals surface area (Å²) in [6, 6.07) is -0.633. The number of amides is 1. The van der Waals surface area contributed by atoms with Gasteiger partial charge in [-0.15, -0.1) is 0 Å². The van der Waals surface area contributed by atoms with Crippen LogP contribution >= 0.6 is 0 Å². The molecule has 0 rings (SSSR count). The van der Waals surface area contributed by atoms with Crippen LogP contribution in [0, 0.1) is 0 Å². The number of hydrogen-bond donors (Lipinski definition) is 3. The van der Waals surface area contributed by atoms with Crippen LogP contribution in [0.5, 0.6) is 0 Å². The van der Waals surface area contributed by atoms with Gasteiger partial charge >= 0.3 is 5.97 Å². The molecule has 0 radical (unpaired) electrons. The van der Waals surface area contributed by atoms with Gasteiger partial charge in [-0.05, 0) is 83.5 Å². The number of unbranched alkanes of at least 4 members (excludes halogenated alkanes) is 53. The van der Waals surface area contributed by atoms with E-state index in [0.29, 0.717) is 19.4 Å². The van der Waals surface area contributed by atoms with Gasteiger partial charge in [0.1, 0.15) is 0 Å². The zero-order valence-electron chi connectivity index (χ0n) is 54.1. The van der Waals surface area contributed by atoms with Gasteiger partial charge < -0.3 is 20.3 Å². The first-order chi connectivity index (χ1) is 39.5. The van der Waals surface area contributed by atoms with E-state index in [2.05, 4.69) is 43.5 Å². The monoisotopic (exact) mass is 1120 g/mol. The van der Waals surface area contributed by atoms with E-state index in [1.54, 1.807) is 6.08 Å². The van der Waals surface area contributed by atoms with E-state index in [9.17, 15) is 19.8 Å². The largest absolute Gasteiger partial charge is 0.466 e. The molecule has 0 fully saturated rings. The molecular weight excluding hydrogens is 983 g/mol. The van der Waals surface area contributed by atoms with Crippen LogP contribution in [0.15, 0.2) is 36.5 Å². The van der Waals surface area contributed by atoms with Crippen molar-refractivity contribution in [2.24, 2.45) is 0 Å². The molecule has 0 saturated heterocycles. The molecule has 0 aliphatic heterocycles. The molecule has 3 N–H and O–H groups in total. The second-order valence-electron chi connectivity index (χ2n) is 24.9. The average Bonchev–Trinajstić information content (AvgIpc) is 3.46. The lowest BCUT2D eigenvalue weighted by atomic mass is 10.0. The molecule has 6 nitrogen and oxygen atoms in total.